The van der Waals surface area contributed by atoms with Crippen LogP contribution in [-0.4, -0.2) is 81.3 Å². The molecular formula is C24H32N2O9. The zero-order valence-corrected chi connectivity index (χ0v) is 19.8. The molecule has 1 aromatic rings. The molecule has 11 nitrogen and oxygen atoms in total. The molecular weight excluding hydrogens is 460 g/mol. The summed E-state index contributed by atoms with van der Waals surface area (Å²) in [6.45, 7) is 4.09. The van der Waals surface area contributed by atoms with Gasteiger partial charge in [0.15, 0.2) is 0 Å². The first-order chi connectivity index (χ1) is 16.6. The van der Waals surface area contributed by atoms with Gasteiger partial charge in [-0.1, -0.05) is 30.3 Å². The number of esters is 1. The van der Waals surface area contributed by atoms with E-state index in [4.69, 9.17) is 14.9 Å². The highest BCUT2D eigenvalue weighted by molar-refractivity contribution is 5.89. The Balaban J connectivity index is 0.000000658. The first kappa shape index (κ1) is 29.3. The molecule has 0 bridgehead atoms. The number of aryl methyl sites for hydroxylation is 1. The molecule has 1 aliphatic rings. The van der Waals surface area contributed by atoms with Crippen LogP contribution in [0, 0.1) is 0 Å². The van der Waals surface area contributed by atoms with E-state index in [1.165, 1.54) is 4.90 Å². The monoisotopic (exact) mass is 492 g/mol. The molecule has 0 spiro atoms. The summed E-state index contributed by atoms with van der Waals surface area (Å²) < 4.78 is 5.14. The number of carboxylic acids is 3. The summed E-state index contributed by atoms with van der Waals surface area (Å²) in [7, 11) is 0. The molecule has 3 atom stereocenters. The lowest BCUT2D eigenvalue weighted by molar-refractivity contribution is -0.150. The zero-order valence-electron chi connectivity index (χ0n) is 19.8. The highest BCUT2D eigenvalue weighted by Crippen LogP contribution is 2.19. The average molecular weight is 493 g/mol. The van der Waals surface area contributed by atoms with Gasteiger partial charge in [0.05, 0.1) is 12.6 Å². The van der Waals surface area contributed by atoms with Crippen molar-refractivity contribution in [2.24, 2.45) is 0 Å². The van der Waals surface area contributed by atoms with Crippen molar-refractivity contribution in [2.45, 2.75) is 57.7 Å². The molecule has 0 aliphatic carbocycles. The van der Waals surface area contributed by atoms with Crippen LogP contribution < -0.4 is 5.32 Å². The molecule has 192 valence electrons. The fraction of sp³-hybridized carbons (Fsp3) is 0.458. The third-order valence-corrected chi connectivity index (χ3v) is 5.15. The summed E-state index contributed by atoms with van der Waals surface area (Å²) in [4.78, 5) is 56.8. The Bertz CT molecular complexity index is 886. The second-order valence-corrected chi connectivity index (χ2v) is 7.75. The number of amides is 1. The van der Waals surface area contributed by atoms with Gasteiger partial charge < -0.3 is 25.0 Å². The molecule has 1 amide bonds. The van der Waals surface area contributed by atoms with Crippen LogP contribution in [0.4, 0.5) is 0 Å². The van der Waals surface area contributed by atoms with E-state index in [1.807, 2.05) is 30.3 Å². The number of carbonyl (C=O) groups excluding carboxylic acids is 2. The highest BCUT2D eigenvalue weighted by Gasteiger charge is 2.36. The molecule has 1 fully saturated rings. The maximum atomic E-state index is 12.7. The fourth-order valence-electron chi connectivity index (χ4n) is 3.52. The molecule has 2 rings (SSSR count). The fourth-order valence-corrected chi connectivity index (χ4v) is 3.52. The van der Waals surface area contributed by atoms with Crippen molar-refractivity contribution < 1.29 is 44.0 Å². The van der Waals surface area contributed by atoms with Crippen LogP contribution in [0.15, 0.2) is 42.5 Å². The number of carboxylic acid groups (broad SMARTS) is 3. The van der Waals surface area contributed by atoms with E-state index >= 15 is 0 Å². The van der Waals surface area contributed by atoms with Gasteiger partial charge >= 0.3 is 23.9 Å². The van der Waals surface area contributed by atoms with Crippen molar-refractivity contribution in [2.75, 3.05) is 13.2 Å². The number of rotatable bonds is 11. The number of hydrogen-bond donors (Lipinski definition) is 4. The number of nitrogens with one attached hydrogen (secondary N) is 1. The van der Waals surface area contributed by atoms with Gasteiger partial charge in [-0.15, -0.1) is 0 Å². The summed E-state index contributed by atoms with van der Waals surface area (Å²) >= 11 is 0. The number of ether oxygens (including phenoxy) is 1. The molecule has 1 saturated heterocycles. The first-order valence-corrected chi connectivity index (χ1v) is 11.2. The molecule has 1 aliphatic heterocycles. The van der Waals surface area contributed by atoms with E-state index in [0.717, 1.165) is 5.56 Å². The van der Waals surface area contributed by atoms with E-state index in [0.29, 0.717) is 44.4 Å². The number of aliphatic carboxylic acids is 3. The summed E-state index contributed by atoms with van der Waals surface area (Å²) in [6, 6.07) is 7.69. The van der Waals surface area contributed by atoms with Crippen LogP contribution in [0.3, 0.4) is 0 Å². The molecule has 4 N–H and O–H groups in total. The molecule has 1 aromatic carbocycles. The summed E-state index contributed by atoms with van der Waals surface area (Å²) in [5.74, 6) is -4.20. The van der Waals surface area contributed by atoms with Crippen LogP contribution in [0.25, 0.3) is 0 Å². The van der Waals surface area contributed by atoms with E-state index in [-0.39, 0.29) is 12.5 Å². The second kappa shape index (κ2) is 15.2. The SMILES string of the molecule is CCOC(=O)C(CCc1ccccc1)NC(C)C(=O)N1CCCC1C(=O)O.O=C(O)C=CC(=O)O. The minimum absolute atomic E-state index is 0.262. The number of nitrogens with zero attached hydrogens (tertiary/aromatic N) is 1. The Hall–Kier alpha value is -3.73. The van der Waals surface area contributed by atoms with Crippen molar-refractivity contribution in [1.29, 1.82) is 0 Å². The van der Waals surface area contributed by atoms with Crippen molar-refractivity contribution >= 4 is 29.8 Å². The summed E-state index contributed by atoms with van der Waals surface area (Å²) in [5, 5.41) is 27.9. The molecule has 0 saturated carbocycles. The van der Waals surface area contributed by atoms with Gasteiger partial charge in [-0.2, -0.15) is 0 Å². The summed E-state index contributed by atoms with van der Waals surface area (Å²) in [5.41, 5.74) is 1.10. The van der Waals surface area contributed by atoms with Crippen molar-refractivity contribution in [3.05, 3.63) is 48.0 Å². The molecule has 35 heavy (non-hydrogen) atoms. The Morgan fingerprint density at radius 3 is 2.20 bits per heavy atom. The van der Waals surface area contributed by atoms with Gasteiger partial charge in [0.2, 0.25) is 5.91 Å². The van der Waals surface area contributed by atoms with E-state index < -0.39 is 42.0 Å². The zero-order chi connectivity index (χ0) is 26.4. The molecule has 1 heterocycles. The standard InChI is InChI=1S/C20H28N2O5.C4H4O4/c1-3-27-20(26)16(12-11-15-8-5-4-6-9-15)21-14(2)18(23)22-13-7-10-17(22)19(24)25;5-3(6)1-2-4(7)8/h4-6,8-9,14,16-17,21H,3,7,10-13H2,1-2H3,(H,24,25);1-2H,(H,5,6)(H,7,8). The third-order valence-electron chi connectivity index (χ3n) is 5.15. The second-order valence-electron chi connectivity index (χ2n) is 7.75. The Morgan fingerprint density at radius 2 is 1.69 bits per heavy atom. The van der Waals surface area contributed by atoms with E-state index in [2.05, 4.69) is 5.32 Å². The minimum atomic E-state index is -1.26. The quantitative estimate of drug-likeness (QED) is 0.261. The van der Waals surface area contributed by atoms with E-state index in [1.54, 1.807) is 13.8 Å². The normalized spacial score (nSPS) is 16.6. The first-order valence-electron chi connectivity index (χ1n) is 11.2. The number of hydrogen-bond acceptors (Lipinski definition) is 7. The lowest BCUT2D eigenvalue weighted by Gasteiger charge is -2.27. The average Bonchev–Trinajstić information content (AvgIpc) is 3.31. The molecule has 0 radical (unpaired) electrons. The Morgan fingerprint density at radius 1 is 1.09 bits per heavy atom. The Kier molecular flexibility index (Phi) is 12.7. The van der Waals surface area contributed by atoms with Crippen molar-refractivity contribution in [1.82, 2.24) is 10.2 Å². The lowest BCUT2D eigenvalue weighted by Crippen LogP contribution is -2.53. The van der Waals surface area contributed by atoms with Crippen molar-refractivity contribution in [3.63, 3.8) is 0 Å². The van der Waals surface area contributed by atoms with Gasteiger partial charge in [0.25, 0.3) is 0 Å². The van der Waals surface area contributed by atoms with Gasteiger partial charge in [-0.25, -0.2) is 14.4 Å². The largest absolute Gasteiger partial charge is 0.480 e. The van der Waals surface area contributed by atoms with Gasteiger partial charge in [0, 0.05) is 18.7 Å². The number of benzene rings is 1. The minimum Gasteiger partial charge on any atom is -0.480 e. The van der Waals surface area contributed by atoms with Crippen molar-refractivity contribution in [3.8, 4) is 0 Å². The van der Waals surface area contributed by atoms with E-state index in [9.17, 15) is 29.1 Å². The topological polar surface area (TPSA) is 171 Å². The van der Waals surface area contributed by atoms with Crippen LogP contribution in [0.1, 0.15) is 38.7 Å². The highest BCUT2D eigenvalue weighted by atomic mass is 16.5. The van der Waals surface area contributed by atoms with Crippen LogP contribution in [-0.2, 0) is 35.1 Å². The maximum absolute atomic E-state index is 12.7. The van der Waals surface area contributed by atoms with Crippen LogP contribution in [0.5, 0.6) is 0 Å². The smallest absolute Gasteiger partial charge is 0.328 e. The Labute approximate surface area is 203 Å². The maximum Gasteiger partial charge on any atom is 0.328 e. The predicted molar refractivity (Wildman–Crippen MR) is 125 cm³/mol. The van der Waals surface area contributed by atoms with Crippen LogP contribution >= 0.6 is 0 Å². The molecule has 3 unspecified atom stereocenters. The van der Waals surface area contributed by atoms with Crippen LogP contribution in [0.2, 0.25) is 0 Å². The predicted octanol–water partition coefficient (Wildman–Crippen LogP) is 1.32. The summed E-state index contributed by atoms with van der Waals surface area (Å²) in [6.07, 6.45) is 3.40. The third kappa shape index (κ3) is 10.8. The molecule has 0 aromatic heterocycles. The van der Waals surface area contributed by atoms with Gasteiger partial charge in [-0.3, -0.25) is 14.9 Å². The number of likely N-dealkylation sites (tertiary alicyclic amines) is 1. The van der Waals surface area contributed by atoms with Gasteiger partial charge in [0.1, 0.15) is 12.1 Å². The van der Waals surface area contributed by atoms with Gasteiger partial charge in [-0.05, 0) is 45.1 Å². The number of carbonyl (C=O) groups is 5. The lowest BCUT2D eigenvalue weighted by atomic mass is 10.0. The molecule has 11 heteroatoms.